The van der Waals surface area contributed by atoms with Gasteiger partial charge in [-0.05, 0) is 30.7 Å². The van der Waals surface area contributed by atoms with E-state index in [1.54, 1.807) is 22.9 Å². The van der Waals surface area contributed by atoms with E-state index in [1.165, 1.54) is 0 Å². The molecule has 2 rings (SSSR count). The van der Waals surface area contributed by atoms with Crippen LogP contribution in [0.3, 0.4) is 0 Å². The van der Waals surface area contributed by atoms with Crippen molar-refractivity contribution in [2.45, 2.75) is 19.5 Å². The zero-order chi connectivity index (χ0) is 13.7. The number of nitrogens with zero attached hydrogens (tertiary/aromatic N) is 1. The molecule has 0 unspecified atom stereocenters. The maximum Gasteiger partial charge on any atom is 0.250 e. The zero-order valence-corrected chi connectivity index (χ0v) is 11.6. The molecule has 1 N–H and O–H groups in total. The van der Waals surface area contributed by atoms with Crippen LogP contribution in [0.2, 0.25) is 5.02 Å². The first-order valence-electron chi connectivity index (χ1n) is 6.31. The van der Waals surface area contributed by atoms with Crippen LogP contribution in [0.15, 0.2) is 53.5 Å². The van der Waals surface area contributed by atoms with E-state index in [1.807, 2.05) is 30.3 Å². The molecular formula is C15H17ClN2O. The van der Waals surface area contributed by atoms with E-state index >= 15 is 0 Å². The first-order chi connectivity index (χ1) is 9.16. The van der Waals surface area contributed by atoms with Crippen molar-refractivity contribution in [3.05, 3.63) is 69.6 Å². The molecule has 0 amide bonds. The van der Waals surface area contributed by atoms with Gasteiger partial charge in [-0.25, -0.2) is 0 Å². The van der Waals surface area contributed by atoms with Crippen LogP contribution in [0.5, 0.6) is 0 Å². The highest BCUT2D eigenvalue weighted by atomic mass is 35.5. The van der Waals surface area contributed by atoms with Crippen LogP contribution in [0.25, 0.3) is 0 Å². The Morgan fingerprint density at radius 2 is 2.11 bits per heavy atom. The van der Waals surface area contributed by atoms with E-state index in [0.717, 1.165) is 17.1 Å². The van der Waals surface area contributed by atoms with E-state index in [9.17, 15) is 4.79 Å². The number of nitrogens with one attached hydrogen (secondary N) is 1. The molecule has 1 aromatic carbocycles. The summed E-state index contributed by atoms with van der Waals surface area (Å²) in [7, 11) is 0. The second-order valence-corrected chi connectivity index (χ2v) is 4.90. The molecular weight excluding hydrogens is 260 g/mol. The van der Waals surface area contributed by atoms with Crippen molar-refractivity contribution >= 4 is 11.6 Å². The fourth-order valence-electron chi connectivity index (χ4n) is 1.94. The average molecular weight is 277 g/mol. The van der Waals surface area contributed by atoms with Gasteiger partial charge in [0.15, 0.2) is 0 Å². The third-order valence-electron chi connectivity index (χ3n) is 3.05. The Morgan fingerprint density at radius 3 is 2.84 bits per heavy atom. The maximum atomic E-state index is 11.5. The Hall–Kier alpha value is -1.58. The summed E-state index contributed by atoms with van der Waals surface area (Å²) in [5, 5.41) is 4.12. The summed E-state index contributed by atoms with van der Waals surface area (Å²) in [6, 6.07) is 13.2. The lowest BCUT2D eigenvalue weighted by Gasteiger charge is -2.15. The highest BCUT2D eigenvalue weighted by Crippen LogP contribution is 2.16. The smallest absolute Gasteiger partial charge is 0.250 e. The van der Waals surface area contributed by atoms with E-state index in [4.69, 9.17) is 11.6 Å². The summed E-state index contributed by atoms with van der Waals surface area (Å²) < 4.78 is 1.69. The SMILES string of the molecule is C[C@H](NCCn1ccccc1=O)c1cccc(Cl)c1. The lowest BCUT2D eigenvalue weighted by atomic mass is 10.1. The van der Waals surface area contributed by atoms with Gasteiger partial charge in [0.05, 0.1) is 0 Å². The molecule has 0 fully saturated rings. The van der Waals surface area contributed by atoms with Crippen molar-refractivity contribution in [2.24, 2.45) is 0 Å². The Morgan fingerprint density at radius 1 is 1.26 bits per heavy atom. The van der Waals surface area contributed by atoms with Crippen LogP contribution in [-0.4, -0.2) is 11.1 Å². The fourth-order valence-corrected chi connectivity index (χ4v) is 2.14. The van der Waals surface area contributed by atoms with Gasteiger partial charge < -0.3 is 9.88 Å². The van der Waals surface area contributed by atoms with E-state index in [2.05, 4.69) is 12.2 Å². The summed E-state index contributed by atoms with van der Waals surface area (Å²) in [4.78, 5) is 11.5. The van der Waals surface area contributed by atoms with Gasteiger partial charge in [0, 0.05) is 36.4 Å². The second kappa shape index (κ2) is 6.55. The molecule has 0 aliphatic rings. The van der Waals surface area contributed by atoms with Crippen molar-refractivity contribution in [2.75, 3.05) is 6.54 Å². The van der Waals surface area contributed by atoms with Crippen molar-refractivity contribution in [3.8, 4) is 0 Å². The molecule has 4 heteroatoms. The number of pyridine rings is 1. The van der Waals surface area contributed by atoms with E-state index in [0.29, 0.717) is 6.54 Å². The van der Waals surface area contributed by atoms with Crippen molar-refractivity contribution in [1.82, 2.24) is 9.88 Å². The minimum atomic E-state index is 0.0275. The van der Waals surface area contributed by atoms with Crippen LogP contribution in [0.4, 0.5) is 0 Å². The topological polar surface area (TPSA) is 34.0 Å². The second-order valence-electron chi connectivity index (χ2n) is 4.46. The molecule has 1 atom stereocenters. The summed E-state index contributed by atoms with van der Waals surface area (Å²) in [6.07, 6.45) is 1.80. The molecule has 1 aromatic heterocycles. The van der Waals surface area contributed by atoms with Crippen LogP contribution in [0, 0.1) is 0 Å². The summed E-state index contributed by atoms with van der Waals surface area (Å²) in [5.41, 5.74) is 1.17. The standard InChI is InChI=1S/C15H17ClN2O/c1-12(13-5-4-6-14(16)11-13)17-8-10-18-9-3-2-7-15(18)19/h2-7,9,11-12,17H,8,10H2,1H3/t12-/m0/s1. The molecule has 0 radical (unpaired) electrons. The number of hydrogen-bond acceptors (Lipinski definition) is 2. The quantitative estimate of drug-likeness (QED) is 0.911. The van der Waals surface area contributed by atoms with Gasteiger partial charge in [-0.2, -0.15) is 0 Å². The van der Waals surface area contributed by atoms with Crippen molar-refractivity contribution in [1.29, 1.82) is 0 Å². The number of aromatic nitrogens is 1. The molecule has 0 aliphatic heterocycles. The molecule has 0 bridgehead atoms. The van der Waals surface area contributed by atoms with Crippen LogP contribution in [-0.2, 0) is 6.54 Å². The minimum Gasteiger partial charge on any atom is -0.314 e. The summed E-state index contributed by atoms with van der Waals surface area (Å²) in [5.74, 6) is 0. The Labute approximate surface area is 117 Å². The molecule has 100 valence electrons. The molecule has 2 aromatic rings. The maximum absolute atomic E-state index is 11.5. The summed E-state index contributed by atoms with van der Waals surface area (Å²) >= 11 is 5.97. The molecule has 19 heavy (non-hydrogen) atoms. The van der Waals surface area contributed by atoms with Crippen LogP contribution >= 0.6 is 11.6 Å². The third kappa shape index (κ3) is 3.94. The van der Waals surface area contributed by atoms with Gasteiger partial charge in [-0.3, -0.25) is 4.79 Å². The monoisotopic (exact) mass is 276 g/mol. The highest BCUT2D eigenvalue weighted by Gasteiger charge is 2.04. The lowest BCUT2D eigenvalue weighted by molar-refractivity contribution is 0.524. The predicted molar refractivity (Wildman–Crippen MR) is 78.6 cm³/mol. The predicted octanol–water partition coefficient (Wildman–Crippen LogP) is 2.85. The number of benzene rings is 1. The fraction of sp³-hybridized carbons (Fsp3) is 0.267. The lowest BCUT2D eigenvalue weighted by Crippen LogP contribution is -2.27. The first-order valence-corrected chi connectivity index (χ1v) is 6.69. The highest BCUT2D eigenvalue weighted by molar-refractivity contribution is 6.30. The van der Waals surface area contributed by atoms with Crippen LogP contribution < -0.4 is 10.9 Å². The minimum absolute atomic E-state index is 0.0275. The zero-order valence-electron chi connectivity index (χ0n) is 10.8. The van der Waals surface area contributed by atoms with Crippen molar-refractivity contribution < 1.29 is 0 Å². The molecule has 0 saturated heterocycles. The number of hydrogen-bond donors (Lipinski definition) is 1. The molecule has 0 saturated carbocycles. The number of halogens is 1. The van der Waals surface area contributed by atoms with Gasteiger partial charge in [-0.1, -0.05) is 29.8 Å². The third-order valence-corrected chi connectivity index (χ3v) is 3.29. The normalized spacial score (nSPS) is 12.3. The Kier molecular flexibility index (Phi) is 4.77. The molecule has 0 aliphatic carbocycles. The Bertz CT molecular complexity index is 594. The first kappa shape index (κ1) is 13.8. The van der Waals surface area contributed by atoms with Crippen molar-refractivity contribution in [3.63, 3.8) is 0 Å². The number of rotatable bonds is 5. The van der Waals surface area contributed by atoms with E-state index in [-0.39, 0.29) is 11.6 Å². The van der Waals surface area contributed by atoms with E-state index < -0.39 is 0 Å². The molecule has 3 nitrogen and oxygen atoms in total. The van der Waals surface area contributed by atoms with Crippen LogP contribution in [0.1, 0.15) is 18.5 Å². The van der Waals surface area contributed by atoms with Gasteiger partial charge in [0.25, 0.3) is 5.56 Å². The average Bonchev–Trinajstić information content (AvgIpc) is 2.41. The summed E-state index contributed by atoms with van der Waals surface area (Å²) in [6.45, 7) is 3.47. The molecule has 1 heterocycles. The van der Waals surface area contributed by atoms with Gasteiger partial charge in [0.1, 0.15) is 0 Å². The van der Waals surface area contributed by atoms with Gasteiger partial charge >= 0.3 is 0 Å². The largest absolute Gasteiger partial charge is 0.314 e. The molecule has 0 spiro atoms. The Balaban J connectivity index is 1.89. The van der Waals surface area contributed by atoms with Gasteiger partial charge in [0.2, 0.25) is 0 Å². The van der Waals surface area contributed by atoms with Gasteiger partial charge in [-0.15, -0.1) is 0 Å².